The fraction of sp³-hybridized carbons (Fsp3) is 0.429. The molecule has 2 rings (SSSR count). The molecule has 0 saturated carbocycles. The molecule has 1 heterocycles. The predicted octanol–water partition coefficient (Wildman–Crippen LogP) is 2.00. The largest absolute Gasteiger partial charge is 0.497 e. The molecular formula is C14H20N4O. The zero-order valence-electron chi connectivity index (χ0n) is 11.7. The van der Waals surface area contributed by atoms with E-state index in [1.807, 2.05) is 18.2 Å². The second kappa shape index (κ2) is 6.33. The average molecular weight is 260 g/mol. The summed E-state index contributed by atoms with van der Waals surface area (Å²) in [5.74, 6) is 1.68. The smallest absolute Gasteiger partial charge is 0.137 e. The van der Waals surface area contributed by atoms with Crippen LogP contribution in [0.2, 0.25) is 0 Å². The number of benzene rings is 1. The highest BCUT2D eigenvalue weighted by Crippen LogP contribution is 2.23. The summed E-state index contributed by atoms with van der Waals surface area (Å²) < 4.78 is 5.24. The van der Waals surface area contributed by atoms with Gasteiger partial charge in [-0.1, -0.05) is 0 Å². The summed E-state index contributed by atoms with van der Waals surface area (Å²) in [5, 5.41) is 4.35. The van der Waals surface area contributed by atoms with Crippen LogP contribution in [-0.2, 0) is 0 Å². The van der Waals surface area contributed by atoms with E-state index in [1.54, 1.807) is 13.4 Å². The quantitative estimate of drug-likeness (QED) is 0.805. The number of fused-ring (bicyclic) bond motifs is 1. The van der Waals surface area contributed by atoms with Gasteiger partial charge in [-0.25, -0.2) is 9.97 Å². The highest BCUT2D eigenvalue weighted by Gasteiger charge is 2.04. The van der Waals surface area contributed by atoms with Crippen LogP contribution < -0.4 is 10.1 Å². The van der Waals surface area contributed by atoms with Gasteiger partial charge >= 0.3 is 0 Å². The molecule has 0 aliphatic rings. The number of hydrogen-bond acceptors (Lipinski definition) is 5. The van der Waals surface area contributed by atoms with Crippen molar-refractivity contribution in [3.63, 3.8) is 0 Å². The van der Waals surface area contributed by atoms with Crippen molar-refractivity contribution in [2.24, 2.45) is 0 Å². The van der Waals surface area contributed by atoms with Gasteiger partial charge in [0.25, 0.3) is 0 Å². The zero-order valence-corrected chi connectivity index (χ0v) is 11.7. The highest BCUT2D eigenvalue weighted by atomic mass is 16.5. The molecule has 0 spiro atoms. The van der Waals surface area contributed by atoms with Crippen LogP contribution >= 0.6 is 0 Å². The minimum Gasteiger partial charge on any atom is -0.497 e. The maximum Gasteiger partial charge on any atom is 0.137 e. The average Bonchev–Trinajstić information content (AvgIpc) is 2.43. The Bertz CT molecular complexity index is 542. The molecule has 2 aromatic rings. The van der Waals surface area contributed by atoms with Crippen molar-refractivity contribution in [3.8, 4) is 5.75 Å². The van der Waals surface area contributed by atoms with Crippen molar-refractivity contribution >= 4 is 16.7 Å². The fourth-order valence-electron chi connectivity index (χ4n) is 1.91. The summed E-state index contributed by atoms with van der Waals surface area (Å²) in [6.45, 7) is 1.95. The van der Waals surface area contributed by atoms with Crippen molar-refractivity contribution in [1.82, 2.24) is 14.9 Å². The number of nitrogens with one attached hydrogen (secondary N) is 1. The Morgan fingerprint density at radius 2 is 2.11 bits per heavy atom. The number of nitrogens with zero attached hydrogens (tertiary/aromatic N) is 3. The molecule has 1 N–H and O–H groups in total. The monoisotopic (exact) mass is 260 g/mol. The van der Waals surface area contributed by atoms with Gasteiger partial charge in [0.05, 0.1) is 12.6 Å². The molecule has 5 heteroatoms. The van der Waals surface area contributed by atoms with Crippen LogP contribution in [0.5, 0.6) is 5.75 Å². The minimum absolute atomic E-state index is 0.818. The Balaban J connectivity index is 2.13. The first kappa shape index (κ1) is 13.5. The molecule has 0 unspecified atom stereocenters. The zero-order chi connectivity index (χ0) is 13.7. The summed E-state index contributed by atoms with van der Waals surface area (Å²) in [7, 11) is 5.81. The van der Waals surface area contributed by atoms with Crippen LogP contribution in [0.1, 0.15) is 6.42 Å². The van der Waals surface area contributed by atoms with E-state index in [1.165, 1.54) is 0 Å². The third-order valence-corrected chi connectivity index (χ3v) is 2.92. The van der Waals surface area contributed by atoms with Gasteiger partial charge in [-0.3, -0.25) is 0 Å². The van der Waals surface area contributed by atoms with Crippen molar-refractivity contribution in [2.45, 2.75) is 6.42 Å². The molecule has 0 aliphatic heterocycles. The number of hydrogen-bond donors (Lipinski definition) is 1. The third kappa shape index (κ3) is 3.54. The van der Waals surface area contributed by atoms with Crippen LogP contribution in [-0.4, -0.2) is 49.2 Å². The van der Waals surface area contributed by atoms with Gasteiger partial charge in [-0.05, 0) is 45.3 Å². The lowest BCUT2D eigenvalue weighted by molar-refractivity contribution is 0.405. The Kier molecular flexibility index (Phi) is 4.52. The normalized spacial score (nSPS) is 10.9. The van der Waals surface area contributed by atoms with Crippen molar-refractivity contribution < 1.29 is 4.74 Å². The van der Waals surface area contributed by atoms with Gasteiger partial charge in [0.15, 0.2) is 0 Å². The van der Waals surface area contributed by atoms with Gasteiger partial charge in [-0.2, -0.15) is 0 Å². The first-order valence-electron chi connectivity index (χ1n) is 6.38. The molecule has 1 aromatic carbocycles. The second-order valence-corrected chi connectivity index (χ2v) is 4.69. The lowest BCUT2D eigenvalue weighted by Gasteiger charge is -2.11. The number of rotatable bonds is 6. The molecule has 0 amide bonds. The van der Waals surface area contributed by atoms with E-state index in [-0.39, 0.29) is 0 Å². The lowest BCUT2D eigenvalue weighted by Crippen LogP contribution is -2.16. The van der Waals surface area contributed by atoms with E-state index >= 15 is 0 Å². The predicted molar refractivity (Wildman–Crippen MR) is 77.8 cm³/mol. The summed E-state index contributed by atoms with van der Waals surface area (Å²) in [6, 6.07) is 5.82. The molecule has 102 valence electrons. The molecule has 1 aromatic heterocycles. The first-order chi connectivity index (χ1) is 9.20. The molecular weight excluding hydrogens is 240 g/mol. The van der Waals surface area contributed by atoms with Crippen LogP contribution in [0.3, 0.4) is 0 Å². The molecule has 0 fully saturated rings. The Hall–Kier alpha value is -1.88. The van der Waals surface area contributed by atoms with Crippen molar-refractivity contribution in [1.29, 1.82) is 0 Å². The van der Waals surface area contributed by atoms with Crippen molar-refractivity contribution in [3.05, 3.63) is 24.5 Å². The summed E-state index contributed by atoms with van der Waals surface area (Å²) in [4.78, 5) is 10.7. The standard InChI is InChI=1S/C14H20N4O/c1-18(2)8-4-7-15-14-12-9-11(19-3)5-6-13(12)16-10-17-14/h5-6,9-10H,4,7-8H2,1-3H3,(H,15,16,17). The van der Waals surface area contributed by atoms with Crippen LogP contribution in [0.25, 0.3) is 10.9 Å². The molecule has 19 heavy (non-hydrogen) atoms. The molecule has 0 atom stereocenters. The molecule has 0 aliphatic carbocycles. The maximum absolute atomic E-state index is 5.24. The number of aromatic nitrogens is 2. The highest BCUT2D eigenvalue weighted by molar-refractivity contribution is 5.89. The lowest BCUT2D eigenvalue weighted by atomic mass is 10.2. The first-order valence-corrected chi connectivity index (χ1v) is 6.38. The minimum atomic E-state index is 0.818. The summed E-state index contributed by atoms with van der Waals surface area (Å²) in [5.41, 5.74) is 0.922. The van der Waals surface area contributed by atoms with Crippen LogP contribution in [0, 0.1) is 0 Å². The van der Waals surface area contributed by atoms with Gasteiger partial charge in [0.1, 0.15) is 17.9 Å². The number of methoxy groups -OCH3 is 1. The summed E-state index contributed by atoms with van der Waals surface area (Å²) >= 11 is 0. The van der Waals surface area contributed by atoms with Gasteiger partial charge in [0, 0.05) is 11.9 Å². The second-order valence-electron chi connectivity index (χ2n) is 4.69. The van der Waals surface area contributed by atoms with E-state index in [0.29, 0.717) is 0 Å². The maximum atomic E-state index is 5.24. The topological polar surface area (TPSA) is 50.3 Å². The molecule has 0 bridgehead atoms. The van der Waals surface area contributed by atoms with E-state index in [0.717, 1.165) is 42.0 Å². The Morgan fingerprint density at radius 1 is 1.26 bits per heavy atom. The third-order valence-electron chi connectivity index (χ3n) is 2.92. The molecule has 0 saturated heterocycles. The number of anilines is 1. The number of ether oxygens (including phenoxy) is 1. The van der Waals surface area contributed by atoms with Gasteiger partial charge in [0.2, 0.25) is 0 Å². The fourth-order valence-corrected chi connectivity index (χ4v) is 1.91. The van der Waals surface area contributed by atoms with E-state index in [2.05, 4.69) is 34.3 Å². The molecule has 0 radical (unpaired) electrons. The van der Waals surface area contributed by atoms with E-state index in [4.69, 9.17) is 4.74 Å². The van der Waals surface area contributed by atoms with Crippen LogP contribution in [0.15, 0.2) is 24.5 Å². The van der Waals surface area contributed by atoms with Crippen molar-refractivity contribution in [2.75, 3.05) is 39.6 Å². The van der Waals surface area contributed by atoms with Crippen LogP contribution in [0.4, 0.5) is 5.82 Å². The molecule has 5 nitrogen and oxygen atoms in total. The summed E-state index contributed by atoms with van der Waals surface area (Å²) in [6.07, 6.45) is 2.66. The Labute approximate surface area is 113 Å². The SMILES string of the molecule is COc1ccc2ncnc(NCCCN(C)C)c2c1. The van der Waals surface area contributed by atoms with E-state index in [9.17, 15) is 0 Å². The van der Waals surface area contributed by atoms with E-state index < -0.39 is 0 Å². The van der Waals surface area contributed by atoms with Gasteiger partial charge in [-0.15, -0.1) is 0 Å². The van der Waals surface area contributed by atoms with Gasteiger partial charge < -0.3 is 15.0 Å². The Morgan fingerprint density at radius 3 is 2.84 bits per heavy atom.